The van der Waals surface area contributed by atoms with E-state index in [0.717, 1.165) is 0 Å². The lowest BCUT2D eigenvalue weighted by atomic mass is 9.93. The van der Waals surface area contributed by atoms with E-state index in [0.29, 0.717) is 5.56 Å². The lowest BCUT2D eigenvalue weighted by Gasteiger charge is -2.20. The Labute approximate surface area is 123 Å². The van der Waals surface area contributed by atoms with E-state index < -0.39 is 17.1 Å². The van der Waals surface area contributed by atoms with Crippen molar-refractivity contribution in [2.45, 2.75) is 13.8 Å². The highest BCUT2D eigenvalue weighted by atomic mass is 19.1. The molecule has 6 heteroatoms. The van der Waals surface area contributed by atoms with E-state index in [1.807, 2.05) is 0 Å². The number of hydrogen-bond acceptors (Lipinski definition) is 3. The molecule has 0 atom stereocenters. The van der Waals surface area contributed by atoms with Gasteiger partial charge in [-0.25, -0.2) is 4.39 Å². The van der Waals surface area contributed by atoms with Crippen LogP contribution in [0.5, 0.6) is 5.75 Å². The van der Waals surface area contributed by atoms with Crippen molar-refractivity contribution in [3.8, 4) is 5.75 Å². The fourth-order valence-electron chi connectivity index (χ4n) is 1.41. The summed E-state index contributed by atoms with van der Waals surface area (Å²) >= 11 is 0. The summed E-state index contributed by atoms with van der Waals surface area (Å²) in [5.41, 5.74) is 4.91. The van der Waals surface area contributed by atoms with Crippen LogP contribution in [-0.2, 0) is 9.59 Å². The molecule has 0 heterocycles. The summed E-state index contributed by atoms with van der Waals surface area (Å²) in [7, 11) is 1.38. The van der Waals surface area contributed by atoms with Crippen LogP contribution in [0.1, 0.15) is 19.4 Å². The third kappa shape index (κ3) is 4.91. The van der Waals surface area contributed by atoms with Gasteiger partial charge in [0.25, 0.3) is 0 Å². The zero-order chi connectivity index (χ0) is 16.0. The van der Waals surface area contributed by atoms with Gasteiger partial charge in [-0.3, -0.25) is 9.59 Å². The number of carbonyl (C=O) groups is 2. The highest BCUT2D eigenvalue weighted by molar-refractivity contribution is 5.92. The van der Waals surface area contributed by atoms with Crippen molar-refractivity contribution in [2.75, 3.05) is 13.7 Å². The van der Waals surface area contributed by atoms with Gasteiger partial charge in [-0.1, -0.05) is 6.07 Å². The van der Waals surface area contributed by atoms with Gasteiger partial charge in [0.15, 0.2) is 11.6 Å². The maximum Gasteiger partial charge on any atom is 0.244 e. The van der Waals surface area contributed by atoms with E-state index in [1.54, 1.807) is 19.9 Å². The molecule has 0 fully saturated rings. The number of carbonyl (C=O) groups excluding carboxylic acids is 2. The maximum absolute atomic E-state index is 13.5. The van der Waals surface area contributed by atoms with Crippen LogP contribution in [0, 0.1) is 11.2 Å². The monoisotopic (exact) mass is 294 g/mol. The Balaban J connectivity index is 2.62. The van der Waals surface area contributed by atoms with E-state index in [1.165, 1.54) is 31.4 Å². The van der Waals surface area contributed by atoms with E-state index >= 15 is 0 Å². The predicted molar refractivity (Wildman–Crippen MR) is 78.0 cm³/mol. The number of nitrogens with two attached hydrogens (primary N) is 1. The Kier molecular flexibility index (Phi) is 5.46. The summed E-state index contributed by atoms with van der Waals surface area (Å²) in [6.45, 7) is 3.40. The molecule has 3 N–H and O–H groups in total. The van der Waals surface area contributed by atoms with Crippen molar-refractivity contribution in [1.82, 2.24) is 5.32 Å². The third-order valence-corrected chi connectivity index (χ3v) is 2.97. The van der Waals surface area contributed by atoms with E-state index in [2.05, 4.69) is 5.32 Å². The molecule has 21 heavy (non-hydrogen) atoms. The Bertz CT molecular complexity index is 568. The average Bonchev–Trinajstić information content (AvgIpc) is 2.43. The standard InChI is InChI=1S/C15H19FN2O3/c1-15(2,14(17)20)9-18-13(19)7-5-10-4-6-12(21-3)11(16)8-10/h4-8H,9H2,1-3H3,(H2,17,20)(H,18,19). The molecule has 0 saturated carbocycles. The van der Waals surface area contributed by atoms with Crippen molar-refractivity contribution in [2.24, 2.45) is 11.1 Å². The first kappa shape index (κ1) is 16.7. The van der Waals surface area contributed by atoms with Gasteiger partial charge in [0.1, 0.15) is 0 Å². The van der Waals surface area contributed by atoms with Crippen LogP contribution in [0.3, 0.4) is 0 Å². The molecule has 0 spiro atoms. The smallest absolute Gasteiger partial charge is 0.244 e. The normalized spacial score (nSPS) is 11.4. The van der Waals surface area contributed by atoms with E-state index in [-0.39, 0.29) is 18.2 Å². The molecule has 0 saturated heterocycles. The summed E-state index contributed by atoms with van der Waals surface area (Å²) in [6, 6.07) is 4.36. The molecule has 114 valence electrons. The van der Waals surface area contributed by atoms with Gasteiger partial charge >= 0.3 is 0 Å². The SMILES string of the molecule is COc1ccc(C=CC(=O)NCC(C)(C)C(N)=O)cc1F. The minimum atomic E-state index is -0.824. The minimum Gasteiger partial charge on any atom is -0.494 e. The number of rotatable bonds is 6. The molecule has 0 aliphatic heterocycles. The number of ether oxygens (including phenoxy) is 1. The van der Waals surface area contributed by atoms with E-state index in [9.17, 15) is 14.0 Å². The minimum absolute atomic E-state index is 0.127. The Morgan fingerprint density at radius 3 is 2.62 bits per heavy atom. The number of halogens is 1. The molecule has 1 aromatic rings. The van der Waals surface area contributed by atoms with Crippen LogP contribution < -0.4 is 15.8 Å². The molecule has 0 unspecified atom stereocenters. The van der Waals surface area contributed by atoms with Crippen molar-refractivity contribution < 1.29 is 18.7 Å². The van der Waals surface area contributed by atoms with Crippen molar-refractivity contribution in [3.05, 3.63) is 35.7 Å². The maximum atomic E-state index is 13.5. The number of nitrogens with one attached hydrogen (secondary N) is 1. The van der Waals surface area contributed by atoms with Gasteiger partial charge in [-0.2, -0.15) is 0 Å². The molecule has 1 rings (SSSR count). The molecule has 0 aliphatic rings. The fourth-order valence-corrected chi connectivity index (χ4v) is 1.41. The first-order chi connectivity index (χ1) is 9.76. The van der Waals surface area contributed by atoms with Gasteiger partial charge < -0.3 is 15.8 Å². The van der Waals surface area contributed by atoms with Gasteiger partial charge in [-0.05, 0) is 37.6 Å². The Morgan fingerprint density at radius 1 is 1.43 bits per heavy atom. The van der Waals surface area contributed by atoms with Gasteiger partial charge in [0.05, 0.1) is 12.5 Å². The van der Waals surface area contributed by atoms with Crippen molar-refractivity contribution >= 4 is 17.9 Å². The van der Waals surface area contributed by atoms with Crippen LogP contribution in [0.25, 0.3) is 6.08 Å². The molecular formula is C15H19FN2O3. The van der Waals surface area contributed by atoms with Gasteiger partial charge in [0.2, 0.25) is 11.8 Å². The van der Waals surface area contributed by atoms with Crippen LogP contribution >= 0.6 is 0 Å². The molecule has 2 amide bonds. The van der Waals surface area contributed by atoms with Gasteiger partial charge in [0, 0.05) is 12.6 Å². The second-order valence-electron chi connectivity index (χ2n) is 5.19. The summed E-state index contributed by atoms with van der Waals surface area (Å²) in [5, 5.41) is 2.57. The zero-order valence-electron chi connectivity index (χ0n) is 12.3. The fraction of sp³-hybridized carbons (Fsp3) is 0.333. The number of amides is 2. The summed E-state index contributed by atoms with van der Waals surface area (Å²) in [4.78, 5) is 22.7. The highest BCUT2D eigenvalue weighted by Crippen LogP contribution is 2.18. The largest absolute Gasteiger partial charge is 0.494 e. The molecule has 5 nitrogen and oxygen atoms in total. The Hall–Kier alpha value is -2.37. The second-order valence-corrected chi connectivity index (χ2v) is 5.19. The first-order valence-corrected chi connectivity index (χ1v) is 6.35. The molecular weight excluding hydrogens is 275 g/mol. The first-order valence-electron chi connectivity index (χ1n) is 6.35. The third-order valence-electron chi connectivity index (χ3n) is 2.97. The van der Waals surface area contributed by atoms with Crippen molar-refractivity contribution in [3.63, 3.8) is 0 Å². The number of methoxy groups -OCH3 is 1. The lowest BCUT2D eigenvalue weighted by Crippen LogP contribution is -2.41. The second kappa shape index (κ2) is 6.88. The van der Waals surface area contributed by atoms with Crippen LogP contribution in [0.4, 0.5) is 4.39 Å². The van der Waals surface area contributed by atoms with Crippen molar-refractivity contribution in [1.29, 1.82) is 0 Å². The van der Waals surface area contributed by atoms with Crippen LogP contribution in [0.15, 0.2) is 24.3 Å². The quantitative estimate of drug-likeness (QED) is 0.780. The van der Waals surface area contributed by atoms with Gasteiger partial charge in [-0.15, -0.1) is 0 Å². The molecule has 1 aromatic carbocycles. The highest BCUT2D eigenvalue weighted by Gasteiger charge is 2.24. The molecule has 0 bridgehead atoms. The molecule has 0 radical (unpaired) electrons. The van der Waals surface area contributed by atoms with E-state index in [4.69, 9.17) is 10.5 Å². The zero-order valence-corrected chi connectivity index (χ0v) is 12.3. The average molecular weight is 294 g/mol. The number of hydrogen-bond donors (Lipinski definition) is 2. The van der Waals surface area contributed by atoms with Crippen LogP contribution in [-0.4, -0.2) is 25.5 Å². The topological polar surface area (TPSA) is 81.4 Å². The summed E-state index contributed by atoms with van der Waals surface area (Å²) in [6.07, 6.45) is 2.73. The molecule has 0 aliphatic carbocycles. The number of primary amides is 1. The summed E-state index contributed by atoms with van der Waals surface area (Å²) in [5.74, 6) is -1.25. The lowest BCUT2D eigenvalue weighted by molar-refractivity contribution is -0.126. The predicted octanol–water partition coefficient (Wildman–Crippen LogP) is 1.48. The van der Waals surface area contributed by atoms with Crippen LogP contribution in [0.2, 0.25) is 0 Å². The summed E-state index contributed by atoms with van der Waals surface area (Å²) < 4.78 is 18.3. The number of benzene rings is 1. The Morgan fingerprint density at radius 2 is 2.10 bits per heavy atom. The molecule has 0 aromatic heterocycles.